The second-order valence-corrected chi connectivity index (χ2v) is 4.84. The van der Waals surface area contributed by atoms with Gasteiger partial charge in [-0.05, 0) is 31.2 Å². The lowest BCUT2D eigenvalue weighted by Gasteiger charge is -2.04. The molecule has 0 aliphatic rings. The third-order valence-corrected chi connectivity index (χ3v) is 3.20. The summed E-state index contributed by atoms with van der Waals surface area (Å²) in [6.07, 6.45) is 0. The molecule has 0 spiro atoms. The molecule has 0 unspecified atom stereocenters. The van der Waals surface area contributed by atoms with Gasteiger partial charge in [-0.2, -0.15) is 0 Å². The maximum Gasteiger partial charge on any atom is 0.0724 e. The van der Waals surface area contributed by atoms with Crippen molar-refractivity contribution in [3.8, 4) is 11.3 Å². The van der Waals surface area contributed by atoms with Gasteiger partial charge in [0.1, 0.15) is 0 Å². The van der Waals surface area contributed by atoms with Crippen LogP contribution in [0.25, 0.3) is 22.2 Å². The predicted octanol–water partition coefficient (Wildman–Crippen LogP) is 4.86. The lowest BCUT2D eigenvalue weighted by Crippen LogP contribution is -1.86. The Hall–Kier alpha value is -1.86. The van der Waals surface area contributed by atoms with E-state index in [2.05, 4.69) is 42.2 Å². The molecule has 3 rings (SSSR count). The second kappa shape index (κ2) is 4.43. The minimum absolute atomic E-state index is 0.719. The largest absolute Gasteiger partial charge is 0.248 e. The molecule has 0 atom stereocenters. The van der Waals surface area contributed by atoms with Gasteiger partial charge >= 0.3 is 0 Å². The van der Waals surface area contributed by atoms with Gasteiger partial charge < -0.3 is 0 Å². The Kier molecular flexibility index (Phi) is 2.77. The van der Waals surface area contributed by atoms with Crippen LogP contribution in [0.3, 0.4) is 0 Å². The van der Waals surface area contributed by atoms with Crippen molar-refractivity contribution in [2.24, 2.45) is 0 Å². The zero-order valence-corrected chi connectivity index (χ0v) is 10.8. The number of rotatable bonds is 1. The average molecular weight is 254 g/mol. The molecule has 1 nitrogen and oxygen atoms in total. The first-order valence-corrected chi connectivity index (χ1v) is 6.23. The summed E-state index contributed by atoms with van der Waals surface area (Å²) in [7, 11) is 0. The van der Waals surface area contributed by atoms with Gasteiger partial charge in [0, 0.05) is 16.0 Å². The van der Waals surface area contributed by atoms with Crippen molar-refractivity contribution in [3.63, 3.8) is 0 Å². The van der Waals surface area contributed by atoms with Crippen LogP contribution in [0, 0.1) is 6.92 Å². The minimum Gasteiger partial charge on any atom is -0.248 e. The highest BCUT2D eigenvalue weighted by Gasteiger charge is 2.02. The van der Waals surface area contributed by atoms with Crippen molar-refractivity contribution < 1.29 is 0 Å². The highest BCUT2D eigenvalue weighted by Crippen LogP contribution is 2.23. The highest BCUT2D eigenvalue weighted by molar-refractivity contribution is 6.31. The van der Waals surface area contributed by atoms with Gasteiger partial charge in [0.25, 0.3) is 0 Å². The third kappa shape index (κ3) is 2.09. The average Bonchev–Trinajstić information content (AvgIpc) is 2.38. The van der Waals surface area contributed by atoms with Crippen molar-refractivity contribution in [1.82, 2.24) is 4.98 Å². The fraction of sp³-hybridized carbons (Fsp3) is 0.0625. The zero-order chi connectivity index (χ0) is 12.5. The van der Waals surface area contributed by atoms with Crippen LogP contribution in [0.4, 0.5) is 0 Å². The molecule has 0 N–H and O–H groups in total. The maximum atomic E-state index is 6.00. The molecule has 0 saturated carbocycles. The van der Waals surface area contributed by atoms with E-state index in [0.717, 1.165) is 27.2 Å². The standard InChI is InChI=1S/C16H12ClN/c1-11-3-2-4-13(9-11)15-8-6-12-5-7-14(17)10-16(12)18-15/h2-10H,1H3. The molecule has 0 saturated heterocycles. The summed E-state index contributed by atoms with van der Waals surface area (Å²) in [6, 6.07) is 18.3. The van der Waals surface area contributed by atoms with E-state index in [4.69, 9.17) is 11.6 Å². The predicted molar refractivity (Wildman–Crippen MR) is 76.9 cm³/mol. The fourth-order valence-electron chi connectivity index (χ4n) is 2.06. The molecular formula is C16H12ClN. The van der Waals surface area contributed by atoms with Gasteiger partial charge in [-0.15, -0.1) is 0 Å². The Morgan fingerprint density at radius 1 is 0.944 bits per heavy atom. The third-order valence-electron chi connectivity index (χ3n) is 2.97. The zero-order valence-electron chi connectivity index (χ0n) is 10.0. The van der Waals surface area contributed by atoms with Crippen LogP contribution in [0.15, 0.2) is 54.6 Å². The van der Waals surface area contributed by atoms with Gasteiger partial charge in [-0.3, -0.25) is 0 Å². The smallest absolute Gasteiger partial charge is 0.0724 e. The van der Waals surface area contributed by atoms with E-state index in [1.165, 1.54) is 5.56 Å². The first-order valence-electron chi connectivity index (χ1n) is 5.86. The molecule has 1 aromatic heterocycles. The van der Waals surface area contributed by atoms with Gasteiger partial charge in [-0.25, -0.2) is 4.98 Å². The molecule has 0 bridgehead atoms. The van der Waals surface area contributed by atoms with Crippen LogP contribution in [-0.2, 0) is 0 Å². The van der Waals surface area contributed by atoms with E-state index >= 15 is 0 Å². The van der Waals surface area contributed by atoms with Gasteiger partial charge in [0.15, 0.2) is 0 Å². The number of nitrogens with zero attached hydrogens (tertiary/aromatic N) is 1. The number of aromatic nitrogens is 1. The summed E-state index contributed by atoms with van der Waals surface area (Å²) in [4.78, 5) is 4.66. The van der Waals surface area contributed by atoms with E-state index in [9.17, 15) is 0 Å². The normalized spacial score (nSPS) is 10.8. The topological polar surface area (TPSA) is 12.9 Å². The minimum atomic E-state index is 0.719. The molecule has 1 heterocycles. The summed E-state index contributed by atoms with van der Waals surface area (Å²) < 4.78 is 0. The first kappa shape index (κ1) is 11.2. The summed E-state index contributed by atoms with van der Waals surface area (Å²) in [5, 5.41) is 1.83. The molecule has 3 aromatic rings. The van der Waals surface area contributed by atoms with Crippen LogP contribution in [0.2, 0.25) is 5.02 Å². The number of benzene rings is 2. The summed E-state index contributed by atoms with van der Waals surface area (Å²) in [5.74, 6) is 0. The van der Waals surface area contributed by atoms with Crippen LogP contribution in [0.1, 0.15) is 5.56 Å². The number of pyridine rings is 1. The van der Waals surface area contributed by atoms with Crippen molar-refractivity contribution in [2.75, 3.05) is 0 Å². The van der Waals surface area contributed by atoms with Crippen molar-refractivity contribution in [3.05, 3.63) is 65.2 Å². The van der Waals surface area contributed by atoms with E-state index in [1.807, 2.05) is 24.3 Å². The molecule has 88 valence electrons. The van der Waals surface area contributed by atoms with E-state index in [0.29, 0.717) is 0 Å². The van der Waals surface area contributed by atoms with Crippen LogP contribution in [0.5, 0.6) is 0 Å². The van der Waals surface area contributed by atoms with E-state index in [1.54, 1.807) is 0 Å². The van der Waals surface area contributed by atoms with Crippen molar-refractivity contribution >= 4 is 22.5 Å². The van der Waals surface area contributed by atoms with Gasteiger partial charge in [0.05, 0.1) is 11.2 Å². The highest BCUT2D eigenvalue weighted by atomic mass is 35.5. The van der Waals surface area contributed by atoms with Gasteiger partial charge in [0.2, 0.25) is 0 Å². The fourth-order valence-corrected chi connectivity index (χ4v) is 2.22. The number of hydrogen-bond acceptors (Lipinski definition) is 1. The quantitative estimate of drug-likeness (QED) is 0.603. The maximum absolute atomic E-state index is 6.00. The Morgan fingerprint density at radius 3 is 2.61 bits per heavy atom. The number of halogens is 1. The van der Waals surface area contributed by atoms with E-state index in [-0.39, 0.29) is 0 Å². The Morgan fingerprint density at radius 2 is 1.78 bits per heavy atom. The first-order chi connectivity index (χ1) is 8.72. The van der Waals surface area contributed by atoms with Gasteiger partial charge in [-0.1, -0.05) is 47.5 Å². The molecule has 0 aliphatic carbocycles. The lowest BCUT2D eigenvalue weighted by atomic mass is 10.1. The molecule has 0 fully saturated rings. The molecule has 18 heavy (non-hydrogen) atoms. The summed E-state index contributed by atoms with van der Waals surface area (Å²) >= 11 is 6.00. The molecule has 0 aliphatic heterocycles. The molecule has 0 radical (unpaired) electrons. The summed E-state index contributed by atoms with van der Waals surface area (Å²) in [6.45, 7) is 2.08. The van der Waals surface area contributed by atoms with Crippen LogP contribution in [-0.4, -0.2) is 4.98 Å². The van der Waals surface area contributed by atoms with Crippen molar-refractivity contribution in [1.29, 1.82) is 0 Å². The van der Waals surface area contributed by atoms with Crippen LogP contribution < -0.4 is 0 Å². The van der Waals surface area contributed by atoms with E-state index < -0.39 is 0 Å². The SMILES string of the molecule is Cc1cccc(-c2ccc3ccc(Cl)cc3n2)c1. The molecule has 2 aromatic carbocycles. The monoisotopic (exact) mass is 253 g/mol. The molecular weight excluding hydrogens is 242 g/mol. The van der Waals surface area contributed by atoms with Crippen LogP contribution >= 0.6 is 11.6 Å². The Balaban J connectivity index is 2.18. The Labute approximate surface area is 111 Å². The lowest BCUT2D eigenvalue weighted by molar-refractivity contribution is 1.38. The van der Waals surface area contributed by atoms with Crippen molar-refractivity contribution in [2.45, 2.75) is 6.92 Å². The second-order valence-electron chi connectivity index (χ2n) is 4.40. The molecule has 0 amide bonds. The number of aryl methyl sites for hydroxylation is 1. The Bertz CT molecular complexity index is 719. The summed E-state index contributed by atoms with van der Waals surface area (Å²) in [5.41, 5.74) is 4.28. The number of hydrogen-bond donors (Lipinski definition) is 0. The molecule has 2 heteroatoms. The number of fused-ring (bicyclic) bond motifs is 1.